The lowest BCUT2D eigenvalue weighted by molar-refractivity contribution is 0.437. The Balaban J connectivity index is 1.95. The molecule has 0 aliphatic heterocycles. The lowest BCUT2D eigenvalue weighted by atomic mass is 9.90. The molecule has 0 atom stereocenters. The molecule has 0 amide bonds. The number of hydrogen-bond acceptors (Lipinski definition) is 2. The minimum atomic E-state index is 0.589. The van der Waals surface area contributed by atoms with Crippen molar-refractivity contribution in [2.75, 3.05) is 0 Å². The van der Waals surface area contributed by atoms with E-state index < -0.39 is 0 Å². The fourth-order valence-corrected chi connectivity index (χ4v) is 3.47. The van der Waals surface area contributed by atoms with E-state index in [-0.39, 0.29) is 0 Å². The Morgan fingerprint density at radius 1 is 1.15 bits per heavy atom. The largest absolute Gasteiger partial charge is 0.331 e. The second-order valence-corrected chi connectivity index (χ2v) is 6.10. The van der Waals surface area contributed by atoms with Crippen molar-refractivity contribution in [1.29, 1.82) is 0 Å². The molecule has 0 saturated heterocycles. The SMILES string of the molecule is Cn1c(C2CCCCCCC2)nc2cc(CN)ccc21. The smallest absolute Gasteiger partial charge is 0.112 e. The van der Waals surface area contributed by atoms with Gasteiger partial charge in [-0.25, -0.2) is 4.98 Å². The summed E-state index contributed by atoms with van der Waals surface area (Å²) < 4.78 is 2.29. The van der Waals surface area contributed by atoms with Crippen LogP contribution in [0.1, 0.15) is 62.3 Å². The Hall–Kier alpha value is -1.35. The lowest BCUT2D eigenvalue weighted by Crippen LogP contribution is -2.08. The summed E-state index contributed by atoms with van der Waals surface area (Å²) in [4.78, 5) is 4.92. The molecule has 3 heteroatoms. The number of aryl methyl sites for hydroxylation is 1. The van der Waals surface area contributed by atoms with Crippen molar-refractivity contribution in [2.24, 2.45) is 12.8 Å². The minimum Gasteiger partial charge on any atom is -0.331 e. The maximum atomic E-state index is 5.73. The third-order valence-electron chi connectivity index (χ3n) is 4.69. The van der Waals surface area contributed by atoms with Gasteiger partial charge in [0.2, 0.25) is 0 Å². The first-order valence-electron chi connectivity index (χ1n) is 7.95. The average molecular weight is 271 g/mol. The molecular formula is C17H25N3. The molecule has 1 aromatic carbocycles. The number of imidazole rings is 1. The highest BCUT2D eigenvalue weighted by atomic mass is 15.1. The van der Waals surface area contributed by atoms with Crippen molar-refractivity contribution in [3.05, 3.63) is 29.6 Å². The Morgan fingerprint density at radius 2 is 1.85 bits per heavy atom. The van der Waals surface area contributed by atoms with E-state index in [2.05, 4.69) is 29.8 Å². The van der Waals surface area contributed by atoms with E-state index in [4.69, 9.17) is 10.7 Å². The summed E-state index contributed by atoms with van der Waals surface area (Å²) in [6, 6.07) is 6.42. The third kappa shape index (κ3) is 2.59. The van der Waals surface area contributed by atoms with Crippen LogP contribution in [0.3, 0.4) is 0 Å². The van der Waals surface area contributed by atoms with Crippen molar-refractivity contribution < 1.29 is 0 Å². The lowest BCUT2D eigenvalue weighted by Gasteiger charge is -2.19. The van der Waals surface area contributed by atoms with Gasteiger partial charge in [0.25, 0.3) is 0 Å². The molecule has 0 radical (unpaired) electrons. The second kappa shape index (κ2) is 5.96. The molecule has 2 aromatic rings. The third-order valence-corrected chi connectivity index (χ3v) is 4.69. The van der Waals surface area contributed by atoms with Crippen LogP contribution in [0, 0.1) is 0 Å². The highest BCUT2D eigenvalue weighted by Crippen LogP contribution is 2.32. The quantitative estimate of drug-likeness (QED) is 0.901. The summed E-state index contributed by atoms with van der Waals surface area (Å²) >= 11 is 0. The van der Waals surface area contributed by atoms with E-state index in [1.54, 1.807) is 0 Å². The molecule has 0 unspecified atom stereocenters. The molecule has 1 heterocycles. The topological polar surface area (TPSA) is 43.8 Å². The van der Waals surface area contributed by atoms with Gasteiger partial charge in [-0.1, -0.05) is 38.2 Å². The summed E-state index contributed by atoms with van der Waals surface area (Å²) in [6.07, 6.45) is 9.47. The normalized spacial score (nSPS) is 18.1. The maximum absolute atomic E-state index is 5.73. The zero-order valence-corrected chi connectivity index (χ0v) is 12.4. The number of nitrogens with two attached hydrogens (primary N) is 1. The number of aromatic nitrogens is 2. The second-order valence-electron chi connectivity index (χ2n) is 6.10. The Morgan fingerprint density at radius 3 is 2.55 bits per heavy atom. The predicted molar refractivity (Wildman–Crippen MR) is 83.7 cm³/mol. The Labute approximate surface area is 121 Å². The fraction of sp³-hybridized carbons (Fsp3) is 0.588. The van der Waals surface area contributed by atoms with Crippen LogP contribution in [0.25, 0.3) is 11.0 Å². The van der Waals surface area contributed by atoms with E-state index in [0.29, 0.717) is 12.5 Å². The van der Waals surface area contributed by atoms with Gasteiger partial charge in [0.1, 0.15) is 5.82 Å². The van der Waals surface area contributed by atoms with Crippen LogP contribution in [-0.4, -0.2) is 9.55 Å². The molecule has 108 valence electrons. The van der Waals surface area contributed by atoms with Gasteiger partial charge in [0.05, 0.1) is 11.0 Å². The molecule has 3 nitrogen and oxygen atoms in total. The van der Waals surface area contributed by atoms with Crippen LogP contribution < -0.4 is 5.73 Å². The van der Waals surface area contributed by atoms with Crippen molar-refractivity contribution in [2.45, 2.75) is 57.4 Å². The zero-order valence-electron chi connectivity index (χ0n) is 12.4. The van der Waals surface area contributed by atoms with Crippen LogP contribution >= 0.6 is 0 Å². The fourth-order valence-electron chi connectivity index (χ4n) is 3.47. The Kier molecular flexibility index (Phi) is 4.06. The van der Waals surface area contributed by atoms with Gasteiger partial charge in [-0.2, -0.15) is 0 Å². The number of hydrogen-bond donors (Lipinski definition) is 1. The molecule has 20 heavy (non-hydrogen) atoms. The van der Waals surface area contributed by atoms with Crippen molar-refractivity contribution >= 4 is 11.0 Å². The predicted octanol–water partition coefficient (Wildman–Crippen LogP) is 3.86. The van der Waals surface area contributed by atoms with E-state index in [1.165, 1.54) is 61.9 Å². The van der Waals surface area contributed by atoms with Crippen LogP contribution in [0.15, 0.2) is 18.2 Å². The van der Waals surface area contributed by atoms with Gasteiger partial charge in [-0.3, -0.25) is 0 Å². The molecule has 2 N–H and O–H groups in total. The number of nitrogens with zero attached hydrogens (tertiary/aromatic N) is 2. The van der Waals surface area contributed by atoms with Crippen molar-refractivity contribution in [3.63, 3.8) is 0 Å². The van der Waals surface area contributed by atoms with Gasteiger partial charge < -0.3 is 10.3 Å². The van der Waals surface area contributed by atoms with Crippen molar-refractivity contribution in [1.82, 2.24) is 9.55 Å². The minimum absolute atomic E-state index is 0.589. The van der Waals surface area contributed by atoms with Gasteiger partial charge in [-0.15, -0.1) is 0 Å². The summed E-state index contributed by atoms with van der Waals surface area (Å²) in [5.74, 6) is 1.91. The van der Waals surface area contributed by atoms with Crippen LogP contribution in [0.4, 0.5) is 0 Å². The first-order chi connectivity index (χ1) is 9.79. The monoisotopic (exact) mass is 271 g/mol. The zero-order chi connectivity index (χ0) is 13.9. The number of benzene rings is 1. The number of rotatable bonds is 2. The first kappa shape index (κ1) is 13.6. The van der Waals surface area contributed by atoms with Crippen LogP contribution in [0.2, 0.25) is 0 Å². The molecular weight excluding hydrogens is 246 g/mol. The van der Waals surface area contributed by atoms with E-state index in [1.807, 2.05) is 0 Å². The van der Waals surface area contributed by atoms with Gasteiger partial charge >= 0.3 is 0 Å². The molecule has 1 fully saturated rings. The molecule has 1 aromatic heterocycles. The summed E-state index contributed by atoms with van der Waals surface area (Å²) in [7, 11) is 2.16. The van der Waals surface area contributed by atoms with E-state index >= 15 is 0 Å². The van der Waals surface area contributed by atoms with Gasteiger partial charge in [-0.05, 0) is 30.5 Å². The van der Waals surface area contributed by atoms with Crippen molar-refractivity contribution in [3.8, 4) is 0 Å². The molecule has 0 bridgehead atoms. The molecule has 1 aliphatic rings. The summed E-state index contributed by atoms with van der Waals surface area (Å²) in [5.41, 5.74) is 9.24. The molecule has 0 spiro atoms. The van der Waals surface area contributed by atoms with E-state index in [9.17, 15) is 0 Å². The summed E-state index contributed by atoms with van der Waals surface area (Å²) in [5, 5.41) is 0. The van der Waals surface area contributed by atoms with Gasteiger partial charge in [0, 0.05) is 19.5 Å². The van der Waals surface area contributed by atoms with Crippen LogP contribution in [0.5, 0.6) is 0 Å². The highest BCUT2D eigenvalue weighted by molar-refractivity contribution is 5.77. The Bertz CT molecular complexity index is 577. The standard InChI is InChI=1S/C17H25N3/c1-20-16-10-9-13(12-18)11-15(16)19-17(20)14-7-5-3-2-4-6-8-14/h9-11,14H,2-8,12,18H2,1H3. The average Bonchev–Trinajstić information content (AvgIpc) is 2.75. The summed E-state index contributed by atoms with van der Waals surface area (Å²) in [6.45, 7) is 0.589. The number of fused-ring (bicyclic) bond motifs is 1. The molecule has 1 aliphatic carbocycles. The maximum Gasteiger partial charge on any atom is 0.112 e. The van der Waals surface area contributed by atoms with Gasteiger partial charge in [0.15, 0.2) is 0 Å². The van der Waals surface area contributed by atoms with E-state index in [0.717, 1.165) is 5.52 Å². The van der Waals surface area contributed by atoms with Crippen LogP contribution in [-0.2, 0) is 13.6 Å². The first-order valence-corrected chi connectivity index (χ1v) is 7.95. The highest BCUT2D eigenvalue weighted by Gasteiger charge is 2.19. The molecule has 3 rings (SSSR count). The molecule has 1 saturated carbocycles.